The number of halogens is 1. The van der Waals surface area contributed by atoms with Gasteiger partial charge in [0.05, 0.1) is 31.0 Å². The molecule has 1 saturated heterocycles. The molecule has 0 radical (unpaired) electrons. The van der Waals surface area contributed by atoms with E-state index in [2.05, 4.69) is 29.5 Å². The Hall–Kier alpha value is -0.180. The van der Waals surface area contributed by atoms with Crippen LogP contribution in [0, 0.1) is 11.8 Å². The van der Waals surface area contributed by atoms with Gasteiger partial charge in [-0.2, -0.15) is 0 Å². The molecule has 28 heavy (non-hydrogen) atoms. The number of aliphatic hydroxyl groups excluding tert-OH is 2. The highest BCUT2D eigenvalue weighted by Gasteiger charge is 2.49. The molecule has 1 aliphatic carbocycles. The van der Waals surface area contributed by atoms with Crippen LogP contribution in [0.5, 0.6) is 0 Å². The number of alkyl halides is 1. The summed E-state index contributed by atoms with van der Waals surface area (Å²) in [7, 11) is 0. The van der Waals surface area contributed by atoms with Crippen molar-refractivity contribution >= 4 is 28.6 Å². The van der Waals surface area contributed by atoms with Crippen LogP contribution in [0.4, 0.5) is 0 Å². The van der Waals surface area contributed by atoms with Crippen LogP contribution < -0.4 is 0 Å². The zero-order valence-electron chi connectivity index (χ0n) is 17.3. The number of rotatable bonds is 12. The molecule has 0 aromatic heterocycles. The van der Waals surface area contributed by atoms with Gasteiger partial charge in [-0.15, -0.1) is 0 Å². The number of fused-ring (bicyclic) bond motifs is 1. The van der Waals surface area contributed by atoms with Crippen molar-refractivity contribution in [1.29, 1.82) is 0 Å². The number of aliphatic hydroxyl groups is 2. The third-order valence-corrected chi connectivity index (χ3v) is 7.40. The second-order valence-electron chi connectivity index (χ2n) is 8.15. The molecule has 1 aliphatic heterocycles. The lowest BCUT2D eigenvalue weighted by Gasteiger charge is -2.21. The van der Waals surface area contributed by atoms with E-state index < -0.39 is 6.10 Å². The van der Waals surface area contributed by atoms with Crippen LogP contribution in [0.1, 0.15) is 71.6 Å². The molecule has 0 aromatic carbocycles. The van der Waals surface area contributed by atoms with E-state index in [1.54, 1.807) is 0 Å². The Bertz CT molecular complexity index is 497. The van der Waals surface area contributed by atoms with E-state index in [4.69, 9.17) is 9.47 Å². The molecular formula is C22H37IO5. The Labute approximate surface area is 183 Å². The second-order valence-corrected chi connectivity index (χ2v) is 9.75. The van der Waals surface area contributed by atoms with E-state index in [9.17, 15) is 15.0 Å². The molecule has 162 valence electrons. The number of esters is 1. The van der Waals surface area contributed by atoms with E-state index >= 15 is 0 Å². The standard InChI is InChI=1S/C22H37IO5/c1-3-5-6-8-15(24)11-12-16-17-13-21(28-20(17)14-19(16)25)18(23)9-7-10-22(26)27-4-2/h11-12,15-21,24-25H,3-10,13-14H2,1-2H3/b12-11+/t15-,16-,17-,18-,19-,20+,21-/m1/s1. The SMILES string of the molecule is CCCCC[C@@H](O)/C=C/[C@@H]1[C@H]2C[C@H]([C@H](I)CCCC(=O)OCC)O[C@H]2C[C@H]1O. The molecule has 2 fully saturated rings. The third kappa shape index (κ3) is 7.26. The van der Waals surface area contributed by atoms with Gasteiger partial charge in [-0.05, 0) is 38.5 Å². The summed E-state index contributed by atoms with van der Waals surface area (Å²) >= 11 is 2.44. The monoisotopic (exact) mass is 508 g/mol. The maximum absolute atomic E-state index is 11.5. The van der Waals surface area contributed by atoms with Gasteiger partial charge in [-0.3, -0.25) is 4.79 Å². The predicted octanol–water partition coefficient (Wildman–Crippen LogP) is 4.18. The molecular weight excluding hydrogens is 471 g/mol. The third-order valence-electron chi connectivity index (χ3n) is 5.97. The van der Waals surface area contributed by atoms with Gasteiger partial charge in [0.2, 0.25) is 0 Å². The van der Waals surface area contributed by atoms with Crippen LogP contribution in [0.15, 0.2) is 12.2 Å². The fourth-order valence-corrected chi connectivity index (χ4v) is 5.34. The second kappa shape index (κ2) is 12.5. The summed E-state index contributed by atoms with van der Waals surface area (Å²) in [6.45, 7) is 4.42. The van der Waals surface area contributed by atoms with Crippen molar-refractivity contribution in [2.45, 2.75) is 100.0 Å². The van der Waals surface area contributed by atoms with Gasteiger partial charge in [0, 0.05) is 22.7 Å². The van der Waals surface area contributed by atoms with Gasteiger partial charge in [0.15, 0.2) is 0 Å². The molecule has 2 N–H and O–H groups in total. The predicted molar refractivity (Wildman–Crippen MR) is 118 cm³/mol. The van der Waals surface area contributed by atoms with Gasteiger partial charge in [-0.1, -0.05) is 60.9 Å². The smallest absolute Gasteiger partial charge is 0.305 e. The lowest BCUT2D eigenvalue weighted by Crippen LogP contribution is -2.24. The Morgan fingerprint density at radius 1 is 1.25 bits per heavy atom. The molecule has 0 unspecified atom stereocenters. The number of hydrogen-bond donors (Lipinski definition) is 2. The van der Waals surface area contributed by atoms with Crippen molar-refractivity contribution in [2.75, 3.05) is 6.61 Å². The van der Waals surface area contributed by atoms with Crippen molar-refractivity contribution in [3.8, 4) is 0 Å². The van der Waals surface area contributed by atoms with Gasteiger partial charge >= 0.3 is 5.97 Å². The molecule has 1 heterocycles. The molecule has 2 aliphatic rings. The molecule has 0 spiro atoms. The zero-order chi connectivity index (χ0) is 20.5. The molecule has 7 atom stereocenters. The number of unbranched alkanes of at least 4 members (excludes halogenated alkanes) is 2. The average Bonchev–Trinajstić information content (AvgIpc) is 3.17. The Balaban J connectivity index is 1.79. The Morgan fingerprint density at radius 3 is 2.75 bits per heavy atom. The lowest BCUT2D eigenvalue weighted by molar-refractivity contribution is -0.143. The molecule has 5 nitrogen and oxygen atoms in total. The number of ether oxygens (including phenoxy) is 2. The van der Waals surface area contributed by atoms with E-state index in [1.165, 1.54) is 0 Å². The first-order valence-corrected chi connectivity index (χ1v) is 12.2. The Morgan fingerprint density at radius 2 is 2.04 bits per heavy atom. The van der Waals surface area contributed by atoms with E-state index in [1.807, 2.05) is 19.1 Å². The normalized spacial score (nSPS) is 31.8. The summed E-state index contributed by atoms with van der Waals surface area (Å²) in [5.74, 6) is 0.265. The van der Waals surface area contributed by atoms with Crippen molar-refractivity contribution < 1.29 is 24.5 Å². The molecule has 1 saturated carbocycles. The van der Waals surface area contributed by atoms with Gasteiger partial charge in [0.1, 0.15) is 0 Å². The van der Waals surface area contributed by atoms with Gasteiger partial charge < -0.3 is 19.7 Å². The van der Waals surface area contributed by atoms with Crippen LogP contribution in [0.25, 0.3) is 0 Å². The van der Waals surface area contributed by atoms with Crippen molar-refractivity contribution in [2.24, 2.45) is 11.8 Å². The number of carbonyl (C=O) groups is 1. The largest absolute Gasteiger partial charge is 0.466 e. The fraction of sp³-hybridized carbons (Fsp3) is 0.864. The molecule has 0 amide bonds. The average molecular weight is 508 g/mol. The van der Waals surface area contributed by atoms with Crippen LogP contribution in [0.3, 0.4) is 0 Å². The van der Waals surface area contributed by atoms with Crippen molar-refractivity contribution in [3.05, 3.63) is 12.2 Å². The maximum atomic E-state index is 11.5. The van der Waals surface area contributed by atoms with Crippen molar-refractivity contribution in [3.63, 3.8) is 0 Å². The first kappa shape index (κ1) is 24.1. The number of carbonyl (C=O) groups excluding carboxylic acids is 1. The van der Waals surface area contributed by atoms with E-state index in [0.717, 1.165) is 44.9 Å². The maximum Gasteiger partial charge on any atom is 0.305 e. The summed E-state index contributed by atoms with van der Waals surface area (Å²) in [5.41, 5.74) is 0. The van der Waals surface area contributed by atoms with Crippen LogP contribution in [-0.2, 0) is 14.3 Å². The minimum atomic E-state index is -0.420. The lowest BCUT2D eigenvalue weighted by atomic mass is 9.89. The van der Waals surface area contributed by atoms with E-state index in [0.29, 0.717) is 29.3 Å². The highest BCUT2D eigenvalue weighted by Crippen LogP contribution is 2.46. The first-order chi connectivity index (χ1) is 13.5. The van der Waals surface area contributed by atoms with Crippen LogP contribution in [-0.4, -0.2) is 51.1 Å². The van der Waals surface area contributed by atoms with Crippen LogP contribution >= 0.6 is 22.6 Å². The highest BCUT2D eigenvalue weighted by molar-refractivity contribution is 14.1. The summed E-state index contributed by atoms with van der Waals surface area (Å²) in [5, 5.41) is 20.6. The molecule has 0 aromatic rings. The van der Waals surface area contributed by atoms with Crippen LogP contribution in [0.2, 0.25) is 0 Å². The van der Waals surface area contributed by atoms with E-state index in [-0.39, 0.29) is 30.2 Å². The topological polar surface area (TPSA) is 76.0 Å². The Kier molecular flexibility index (Phi) is 10.8. The fourth-order valence-electron chi connectivity index (χ4n) is 4.44. The molecule has 2 rings (SSSR count). The molecule has 6 heteroatoms. The summed E-state index contributed by atoms with van der Waals surface area (Å²) in [6, 6.07) is 0. The quantitative estimate of drug-likeness (QED) is 0.136. The minimum Gasteiger partial charge on any atom is -0.466 e. The summed E-state index contributed by atoms with van der Waals surface area (Å²) in [6.07, 6.45) is 11.3. The highest BCUT2D eigenvalue weighted by atomic mass is 127. The number of hydrogen-bond acceptors (Lipinski definition) is 5. The van der Waals surface area contributed by atoms with Crippen molar-refractivity contribution in [1.82, 2.24) is 0 Å². The summed E-state index contributed by atoms with van der Waals surface area (Å²) < 4.78 is 11.6. The summed E-state index contributed by atoms with van der Waals surface area (Å²) in [4.78, 5) is 11.5. The first-order valence-electron chi connectivity index (χ1n) is 11.0. The van der Waals surface area contributed by atoms with Gasteiger partial charge in [0.25, 0.3) is 0 Å². The van der Waals surface area contributed by atoms with Gasteiger partial charge in [-0.25, -0.2) is 0 Å². The minimum absolute atomic E-state index is 0.0685. The molecule has 0 bridgehead atoms. The zero-order valence-corrected chi connectivity index (χ0v) is 19.4.